The van der Waals surface area contributed by atoms with Crippen molar-refractivity contribution in [1.29, 1.82) is 0 Å². The van der Waals surface area contributed by atoms with Crippen LogP contribution in [0.25, 0.3) is 5.69 Å². The van der Waals surface area contributed by atoms with Crippen LogP contribution >= 0.6 is 0 Å². The van der Waals surface area contributed by atoms with Crippen LogP contribution in [0.2, 0.25) is 0 Å². The minimum atomic E-state index is -0.331. The van der Waals surface area contributed by atoms with Gasteiger partial charge in [0.2, 0.25) is 5.91 Å². The fourth-order valence-electron chi connectivity index (χ4n) is 3.26. The van der Waals surface area contributed by atoms with Crippen LogP contribution in [0.15, 0.2) is 53.1 Å². The predicted molar refractivity (Wildman–Crippen MR) is 99.9 cm³/mol. The van der Waals surface area contributed by atoms with Crippen molar-refractivity contribution in [2.75, 3.05) is 11.9 Å². The molecule has 2 N–H and O–H groups in total. The summed E-state index contributed by atoms with van der Waals surface area (Å²) in [5, 5.41) is 10.3. The molecule has 1 aliphatic carbocycles. The van der Waals surface area contributed by atoms with Crippen LogP contribution in [0.5, 0.6) is 0 Å². The molecule has 138 valence electrons. The van der Waals surface area contributed by atoms with Gasteiger partial charge in [-0.2, -0.15) is 5.10 Å². The van der Waals surface area contributed by atoms with E-state index in [9.17, 15) is 9.59 Å². The molecule has 0 fully saturated rings. The highest BCUT2D eigenvalue weighted by Crippen LogP contribution is 2.30. The number of benzene rings is 1. The van der Waals surface area contributed by atoms with E-state index in [-0.39, 0.29) is 30.5 Å². The number of rotatable bonds is 6. The molecule has 0 radical (unpaired) electrons. The van der Waals surface area contributed by atoms with E-state index in [4.69, 9.17) is 4.42 Å². The van der Waals surface area contributed by atoms with Crippen molar-refractivity contribution in [3.05, 3.63) is 65.7 Å². The lowest BCUT2D eigenvalue weighted by atomic mass is 10.2. The maximum atomic E-state index is 12.4. The molecule has 2 amide bonds. The summed E-state index contributed by atoms with van der Waals surface area (Å²) in [5.41, 5.74) is 3.06. The summed E-state index contributed by atoms with van der Waals surface area (Å²) in [7, 11) is 0. The molecule has 0 saturated carbocycles. The minimum Gasteiger partial charge on any atom is -0.459 e. The van der Waals surface area contributed by atoms with Gasteiger partial charge in [0.05, 0.1) is 17.6 Å². The van der Waals surface area contributed by atoms with E-state index in [2.05, 4.69) is 15.7 Å². The molecule has 1 aliphatic rings. The second kappa shape index (κ2) is 7.49. The van der Waals surface area contributed by atoms with Crippen molar-refractivity contribution in [1.82, 2.24) is 15.1 Å². The van der Waals surface area contributed by atoms with Crippen molar-refractivity contribution in [2.45, 2.75) is 25.7 Å². The second-order valence-electron chi connectivity index (χ2n) is 6.41. The summed E-state index contributed by atoms with van der Waals surface area (Å²) in [6.45, 7) is 0.229. The lowest BCUT2D eigenvalue weighted by Crippen LogP contribution is -2.27. The van der Waals surface area contributed by atoms with Gasteiger partial charge in [0.15, 0.2) is 5.76 Å². The molecule has 7 heteroatoms. The first-order chi connectivity index (χ1) is 13.2. The number of carbonyl (C=O) groups is 2. The van der Waals surface area contributed by atoms with Crippen molar-refractivity contribution in [2.24, 2.45) is 0 Å². The van der Waals surface area contributed by atoms with Gasteiger partial charge in [-0.05, 0) is 43.5 Å². The van der Waals surface area contributed by atoms with Gasteiger partial charge >= 0.3 is 0 Å². The first-order valence-electron chi connectivity index (χ1n) is 9.00. The van der Waals surface area contributed by atoms with E-state index < -0.39 is 0 Å². The number of nitrogens with zero attached hydrogens (tertiary/aromatic N) is 2. The van der Waals surface area contributed by atoms with Crippen LogP contribution < -0.4 is 10.6 Å². The van der Waals surface area contributed by atoms with Crippen molar-refractivity contribution in [3.8, 4) is 5.69 Å². The Kier molecular flexibility index (Phi) is 4.74. The molecule has 0 saturated heterocycles. The van der Waals surface area contributed by atoms with E-state index in [0.29, 0.717) is 0 Å². The molecule has 2 heterocycles. The van der Waals surface area contributed by atoms with Crippen LogP contribution in [-0.2, 0) is 17.6 Å². The number of anilines is 1. The Bertz CT molecular complexity index is 945. The molecule has 3 aromatic rings. The van der Waals surface area contributed by atoms with Gasteiger partial charge in [0, 0.05) is 18.5 Å². The molecular weight excluding hydrogens is 344 g/mol. The van der Waals surface area contributed by atoms with Gasteiger partial charge in [0.1, 0.15) is 5.82 Å². The number of nitrogens with one attached hydrogen (secondary N) is 2. The number of fused-ring (bicyclic) bond motifs is 1. The zero-order valence-electron chi connectivity index (χ0n) is 14.8. The molecule has 4 rings (SSSR count). The maximum absolute atomic E-state index is 12.4. The number of para-hydroxylation sites is 1. The van der Waals surface area contributed by atoms with Crippen molar-refractivity contribution < 1.29 is 14.0 Å². The number of furan rings is 1. The number of aryl methyl sites for hydroxylation is 1. The highest BCUT2D eigenvalue weighted by Gasteiger charge is 2.24. The van der Waals surface area contributed by atoms with Gasteiger partial charge in [-0.25, -0.2) is 4.68 Å². The minimum absolute atomic E-state index is 0.165. The quantitative estimate of drug-likeness (QED) is 0.704. The number of hydrogen-bond donors (Lipinski definition) is 2. The van der Waals surface area contributed by atoms with E-state index >= 15 is 0 Å². The third-order valence-corrected chi connectivity index (χ3v) is 4.55. The summed E-state index contributed by atoms with van der Waals surface area (Å²) in [6.07, 6.45) is 4.49. The zero-order chi connectivity index (χ0) is 18.6. The summed E-state index contributed by atoms with van der Waals surface area (Å²) >= 11 is 0. The fourth-order valence-corrected chi connectivity index (χ4v) is 3.26. The van der Waals surface area contributed by atoms with E-state index in [1.54, 1.807) is 16.8 Å². The van der Waals surface area contributed by atoms with Gasteiger partial charge in [0.25, 0.3) is 5.91 Å². The maximum Gasteiger partial charge on any atom is 0.286 e. The summed E-state index contributed by atoms with van der Waals surface area (Å²) in [6, 6.07) is 13.0. The Morgan fingerprint density at radius 3 is 2.74 bits per heavy atom. The Hall–Kier alpha value is -3.35. The molecule has 7 nitrogen and oxygen atoms in total. The normalized spacial score (nSPS) is 12.6. The number of amides is 2. The highest BCUT2D eigenvalue weighted by molar-refractivity contribution is 5.93. The Morgan fingerprint density at radius 1 is 1.11 bits per heavy atom. The van der Waals surface area contributed by atoms with E-state index in [1.807, 2.05) is 30.3 Å². The van der Waals surface area contributed by atoms with Crippen molar-refractivity contribution >= 4 is 17.6 Å². The van der Waals surface area contributed by atoms with Crippen LogP contribution in [-0.4, -0.2) is 28.1 Å². The highest BCUT2D eigenvalue weighted by atomic mass is 16.3. The SMILES string of the molecule is O=C(CCNC(=O)c1ccco1)Nc1c2c(nn1-c1ccccc1)CCC2. The number of carbonyl (C=O) groups excluding carboxylic acids is 2. The molecular formula is C20H20N4O3. The monoisotopic (exact) mass is 364 g/mol. The summed E-state index contributed by atoms with van der Waals surface area (Å²) in [4.78, 5) is 24.3. The van der Waals surface area contributed by atoms with Gasteiger partial charge in [-0.15, -0.1) is 0 Å². The van der Waals surface area contributed by atoms with Crippen LogP contribution in [0.1, 0.15) is 34.7 Å². The van der Waals surface area contributed by atoms with Gasteiger partial charge in [-0.3, -0.25) is 9.59 Å². The van der Waals surface area contributed by atoms with Crippen LogP contribution in [0.3, 0.4) is 0 Å². The van der Waals surface area contributed by atoms with E-state index in [1.165, 1.54) is 6.26 Å². The predicted octanol–water partition coefficient (Wildman–Crippen LogP) is 2.71. The average Bonchev–Trinajstić information content (AvgIpc) is 3.41. The lowest BCUT2D eigenvalue weighted by Gasteiger charge is -2.11. The standard InChI is InChI=1S/C20H20N4O3/c25-18(11-12-21-20(26)17-10-5-13-27-17)22-19-15-8-4-9-16(15)23-24(19)14-6-2-1-3-7-14/h1-3,5-7,10,13H,4,8-9,11-12H2,(H,21,26)(H,22,25). The first kappa shape index (κ1) is 17.1. The Balaban J connectivity index is 1.43. The van der Waals surface area contributed by atoms with Crippen LogP contribution in [0.4, 0.5) is 5.82 Å². The Labute approximate surface area is 156 Å². The Morgan fingerprint density at radius 2 is 1.96 bits per heavy atom. The molecule has 0 unspecified atom stereocenters. The van der Waals surface area contributed by atoms with E-state index in [0.717, 1.165) is 42.0 Å². The molecule has 1 aromatic carbocycles. The number of aromatic nitrogens is 2. The topological polar surface area (TPSA) is 89.2 Å². The largest absolute Gasteiger partial charge is 0.459 e. The fraction of sp³-hybridized carbons (Fsp3) is 0.250. The molecule has 0 bridgehead atoms. The van der Waals surface area contributed by atoms with Crippen LogP contribution in [0, 0.1) is 0 Å². The van der Waals surface area contributed by atoms with Gasteiger partial charge < -0.3 is 15.1 Å². The third kappa shape index (κ3) is 3.62. The molecule has 0 atom stereocenters. The third-order valence-electron chi connectivity index (χ3n) is 4.55. The summed E-state index contributed by atoms with van der Waals surface area (Å²) < 4.78 is 6.82. The van der Waals surface area contributed by atoms with Crippen molar-refractivity contribution in [3.63, 3.8) is 0 Å². The number of hydrogen-bond acceptors (Lipinski definition) is 4. The first-order valence-corrected chi connectivity index (χ1v) is 9.00. The zero-order valence-corrected chi connectivity index (χ0v) is 14.8. The van der Waals surface area contributed by atoms with Gasteiger partial charge in [-0.1, -0.05) is 18.2 Å². The second-order valence-corrected chi connectivity index (χ2v) is 6.41. The molecule has 2 aromatic heterocycles. The lowest BCUT2D eigenvalue weighted by molar-refractivity contribution is -0.116. The summed E-state index contributed by atoms with van der Waals surface area (Å²) in [5.74, 6) is 0.469. The average molecular weight is 364 g/mol. The molecule has 0 spiro atoms. The molecule has 27 heavy (non-hydrogen) atoms. The smallest absolute Gasteiger partial charge is 0.286 e. The molecule has 0 aliphatic heterocycles.